The Kier molecular flexibility index (Phi) is 2.64. The van der Waals surface area contributed by atoms with Crippen LogP contribution in [0.25, 0.3) is 22.4 Å². The third-order valence-corrected chi connectivity index (χ3v) is 3.38. The van der Waals surface area contributed by atoms with Gasteiger partial charge < -0.3 is 10.1 Å². The predicted molar refractivity (Wildman–Crippen MR) is 70.6 cm³/mol. The Morgan fingerprint density at radius 3 is 2.78 bits per heavy atom. The van der Waals surface area contributed by atoms with Gasteiger partial charge in [-0.05, 0) is 24.5 Å². The smallest absolute Gasteiger partial charge is 0.142 e. The highest BCUT2D eigenvalue weighted by Gasteiger charge is 2.10. The fourth-order valence-electron chi connectivity index (χ4n) is 1.74. The van der Waals surface area contributed by atoms with Gasteiger partial charge in [0.2, 0.25) is 0 Å². The van der Waals surface area contributed by atoms with Gasteiger partial charge in [0.15, 0.2) is 0 Å². The number of nitrogens with zero attached hydrogens (tertiary/aromatic N) is 3. The van der Waals surface area contributed by atoms with Crippen molar-refractivity contribution < 1.29 is 5.11 Å². The topological polar surface area (TPSA) is 74.7 Å². The highest BCUT2D eigenvalue weighted by molar-refractivity contribution is 7.98. The minimum atomic E-state index is 0.210. The van der Waals surface area contributed by atoms with Crippen LogP contribution in [0.1, 0.15) is 0 Å². The lowest BCUT2D eigenvalue weighted by molar-refractivity contribution is 0.475. The molecule has 2 aromatic heterocycles. The molecule has 0 fully saturated rings. The summed E-state index contributed by atoms with van der Waals surface area (Å²) >= 11 is 1.58. The summed E-state index contributed by atoms with van der Waals surface area (Å²) in [6, 6.07) is 5.52. The van der Waals surface area contributed by atoms with E-state index in [9.17, 15) is 5.11 Å². The van der Waals surface area contributed by atoms with Gasteiger partial charge in [-0.3, -0.25) is 0 Å². The number of imidazole rings is 1. The molecular formula is C12H10N4OS. The number of thioether (sulfide) groups is 1. The average molecular weight is 258 g/mol. The molecule has 0 amide bonds. The number of aromatic hydroxyl groups is 1. The van der Waals surface area contributed by atoms with Crippen molar-refractivity contribution in [3.8, 4) is 17.1 Å². The van der Waals surface area contributed by atoms with Gasteiger partial charge >= 0.3 is 0 Å². The van der Waals surface area contributed by atoms with E-state index in [1.54, 1.807) is 30.2 Å². The number of rotatable bonds is 2. The highest BCUT2D eigenvalue weighted by Crippen LogP contribution is 2.31. The second kappa shape index (κ2) is 4.30. The van der Waals surface area contributed by atoms with Crippen molar-refractivity contribution >= 4 is 22.8 Å². The number of phenols is 1. The Labute approximate surface area is 107 Å². The van der Waals surface area contributed by atoms with Crippen LogP contribution >= 0.6 is 11.8 Å². The van der Waals surface area contributed by atoms with Crippen LogP contribution in [0.15, 0.2) is 35.5 Å². The van der Waals surface area contributed by atoms with Crippen LogP contribution in [0.2, 0.25) is 0 Å². The second-order valence-corrected chi connectivity index (χ2v) is 4.64. The van der Waals surface area contributed by atoms with E-state index in [-0.39, 0.29) is 5.75 Å². The number of fused-ring (bicyclic) bond motifs is 1. The zero-order valence-corrected chi connectivity index (χ0v) is 10.4. The van der Waals surface area contributed by atoms with Gasteiger partial charge in [-0.2, -0.15) is 10.2 Å². The predicted octanol–water partition coefficient (Wildman–Crippen LogP) is 2.45. The number of aromatic amines is 1. The molecule has 2 N–H and O–H groups in total. The first-order valence-electron chi connectivity index (χ1n) is 5.31. The lowest BCUT2D eigenvalue weighted by atomic mass is 10.2. The maximum absolute atomic E-state index is 10.00. The number of benzene rings is 1. The van der Waals surface area contributed by atoms with Crippen molar-refractivity contribution in [1.82, 2.24) is 20.2 Å². The zero-order chi connectivity index (χ0) is 12.5. The molecule has 3 rings (SSSR count). The van der Waals surface area contributed by atoms with Crippen LogP contribution in [0.4, 0.5) is 0 Å². The molecule has 0 aliphatic rings. The Morgan fingerprint density at radius 2 is 2.06 bits per heavy atom. The van der Waals surface area contributed by atoms with Crippen molar-refractivity contribution in [2.24, 2.45) is 0 Å². The van der Waals surface area contributed by atoms with Gasteiger partial charge in [0.1, 0.15) is 17.1 Å². The van der Waals surface area contributed by atoms with E-state index in [1.807, 2.05) is 18.4 Å². The van der Waals surface area contributed by atoms with Crippen LogP contribution in [0.3, 0.4) is 0 Å². The molecule has 90 valence electrons. The fraction of sp³-hybridized carbons (Fsp3) is 0.0833. The summed E-state index contributed by atoms with van der Waals surface area (Å²) in [5.41, 5.74) is 2.20. The van der Waals surface area contributed by atoms with E-state index < -0.39 is 0 Å². The van der Waals surface area contributed by atoms with Crippen LogP contribution < -0.4 is 0 Å². The van der Waals surface area contributed by atoms with Gasteiger partial charge in [0.25, 0.3) is 0 Å². The summed E-state index contributed by atoms with van der Waals surface area (Å²) in [5, 5.41) is 17.6. The maximum atomic E-state index is 10.00. The molecule has 0 spiro atoms. The molecule has 3 aromatic rings. The first kappa shape index (κ1) is 11.0. The lowest BCUT2D eigenvalue weighted by Gasteiger charge is -2.03. The number of hydrogen-bond acceptors (Lipinski definition) is 5. The fourth-order valence-corrected chi connectivity index (χ4v) is 2.18. The van der Waals surface area contributed by atoms with Gasteiger partial charge in [0.05, 0.1) is 23.5 Å². The van der Waals surface area contributed by atoms with Gasteiger partial charge in [-0.15, -0.1) is 11.8 Å². The molecule has 0 bridgehead atoms. The first-order chi connectivity index (χ1) is 8.78. The second-order valence-electron chi connectivity index (χ2n) is 3.76. The van der Waals surface area contributed by atoms with E-state index >= 15 is 0 Å². The summed E-state index contributed by atoms with van der Waals surface area (Å²) in [7, 11) is 0. The van der Waals surface area contributed by atoms with Crippen LogP contribution in [0, 0.1) is 0 Å². The summed E-state index contributed by atoms with van der Waals surface area (Å²) in [6.45, 7) is 0. The highest BCUT2D eigenvalue weighted by atomic mass is 32.2. The summed E-state index contributed by atoms with van der Waals surface area (Å²) in [4.78, 5) is 8.49. The zero-order valence-electron chi connectivity index (χ0n) is 9.58. The summed E-state index contributed by atoms with van der Waals surface area (Å²) in [6.07, 6.45) is 5.16. The average Bonchev–Trinajstić information content (AvgIpc) is 2.81. The van der Waals surface area contributed by atoms with Gasteiger partial charge in [-0.1, -0.05) is 0 Å². The molecule has 0 aliphatic carbocycles. The molecule has 6 heteroatoms. The molecule has 0 aliphatic heterocycles. The monoisotopic (exact) mass is 258 g/mol. The molecule has 0 saturated carbocycles. The summed E-state index contributed by atoms with van der Waals surface area (Å²) in [5.74, 6) is 0.826. The minimum absolute atomic E-state index is 0.210. The molecule has 18 heavy (non-hydrogen) atoms. The maximum Gasteiger partial charge on any atom is 0.142 e. The molecule has 0 unspecified atom stereocenters. The minimum Gasteiger partial charge on any atom is -0.507 e. The summed E-state index contributed by atoms with van der Waals surface area (Å²) < 4.78 is 0. The van der Waals surface area contributed by atoms with Crippen molar-refractivity contribution in [2.45, 2.75) is 4.90 Å². The SMILES string of the molecule is CSc1ccc(-c2nc3cnncc3[nH]2)c(O)c1. The Bertz CT molecular complexity index is 677. The number of nitrogens with one attached hydrogen (secondary N) is 1. The molecule has 0 radical (unpaired) electrons. The van der Waals surface area contributed by atoms with E-state index in [2.05, 4.69) is 20.2 Å². The standard InChI is InChI=1S/C12H10N4OS/c1-18-7-2-3-8(11(17)4-7)12-15-9-5-13-14-6-10(9)16-12/h2-6,17H,1H3,(H,15,16). The first-order valence-corrected chi connectivity index (χ1v) is 6.54. The van der Waals surface area contributed by atoms with Crippen molar-refractivity contribution in [2.75, 3.05) is 6.26 Å². The van der Waals surface area contributed by atoms with Gasteiger partial charge in [-0.25, -0.2) is 4.98 Å². The van der Waals surface area contributed by atoms with Crippen LogP contribution in [-0.4, -0.2) is 31.5 Å². The normalized spacial score (nSPS) is 10.9. The molecule has 1 aromatic carbocycles. The van der Waals surface area contributed by atoms with Crippen molar-refractivity contribution in [1.29, 1.82) is 0 Å². The molecule has 5 nitrogen and oxygen atoms in total. The van der Waals surface area contributed by atoms with Crippen LogP contribution in [-0.2, 0) is 0 Å². The van der Waals surface area contributed by atoms with Crippen molar-refractivity contribution in [3.05, 3.63) is 30.6 Å². The van der Waals surface area contributed by atoms with E-state index in [4.69, 9.17) is 0 Å². The third-order valence-electron chi connectivity index (χ3n) is 2.65. The van der Waals surface area contributed by atoms with E-state index in [0.29, 0.717) is 11.4 Å². The number of hydrogen-bond donors (Lipinski definition) is 2. The Hall–Kier alpha value is -2.08. The Balaban J connectivity index is 2.14. The number of H-pyrrole nitrogens is 1. The lowest BCUT2D eigenvalue weighted by Crippen LogP contribution is -1.82. The Morgan fingerprint density at radius 1 is 1.22 bits per heavy atom. The molecule has 0 atom stereocenters. The van der Waals surface area contributed by atoms with E-state index in [0.717, 1.165) is 15.9 Å². The van der Waals surface area contributed by atoms with E-state index in [1.165, 1.54) is 0 Å². The van der Waals surface area contributed by atoms with Crippen molar-refractivity contribution in [3.63, 3.8) is 0 Å². The molecular weight excluding hydrogens is 248 g/mol. The quantitative estimate of drug-likeness (QED) is 0.690. The number of phenolic OH excluding ortho intramolecular Hbond substituents is 1. The molecule has 0 saturated heterocycles. The van der Waals surface area contributed by atoms with Gasteiger partial charge in [0, 0.05) is 4.90 Å². The third kappa shape index (κ3) is 1.80. The molecule has 2 heterocycles. The van der Waals surface area contributed by atoms with Crippen LogP contribution in [0.5, 0.6) is 5.75 Å². The largest absolute Gasteiger partial charge is 0.507 e. The number of aromatic nitrogens is 4.